The van der Waals surface area contributed by atoms with Crippen molar-refractivity contribution in [1.29, 1.82) is 0 Å². The van der Waals surface area contributed by atoms with Gasteiger partial charge in [0.05, 0.1) is 19.8 Å². The predicted molar refractivity (Wildman–Crippen MR) is 58.5 cm³/mol. The molecule has 1 atom stereocenters. The first-order valence-corrected chi connectivity index (χ1v) is 5.28. The zero-order chi connectivity index (χ0) is 13.1. The summed E-state index contributed by atoms with van der Waals surface area (Å²) in [6.45, 7) is 1.37. The van der Waals surface area contributed by atoms with Gasteiger partial charge in [0.15, 0.2) is 0 Å². The first-order chi connectivity index (χ1) is 8.07. The maximum absolute atomic E-state index is 11.1. The zero-order valence-electron chi connectivity index (χ0n) is 9.89. The Morgan fingerprint density at radius 3 is 2.47 bits per heavy atom. The molecule has 0 heterocycles. The first-order valence-electron chi connectivity index (χ1n) is 5.28. The van der Waals surface area contributed by atoms with Gasteiger partial charge in [-0.3, -0.25) is 9.59 Å². The highest BCUT2D eigenvalue weighted by atomic mass is 16.6. The van der Waals surface area contributed by atoms with Crippen LogP contribution in [0.5, 0.6) is 0 Å². The number of carbonyl (C=O) groups is 2. The number of carboxylic acid groups (broad SMARTS) is 1. The van der Waals surface area contributed by atoms with Gasteiger partial charge >= 0.3 is 11.9 Å². The lowest BCUT2D eigenvalue weighted by molar-refractivity contribution is -0.146. The van der Waals surface area contributed by atoms with Crippen LogP contribution in [0.3, 0.4) is 0 Å². The molecule has 100 valence electrons. The molecule has 0 aliphatic rings. The van der Waals surface area contributed by atoms with Gasteiger partial charge in [0, 0.05) is 13.5 Å². The van der Waals surface area contributed by atoms with Crippen molar-refractivity contribution in [3.8, 4) is 0 Å². The molecule has 3 N–H and O–H groups in total. The van der Waals surface area contributed by atoms with E-state index in [0.29, 0.717) is 19.8 Å². The van der Waals surface area contributed by atoms with Gasteiger partial charge in [-0.1, -0.05) is 0 Å². The topological polar surface area (TPSA) is 108 Å². The van der Waals surface area contributed by atoms with Gasteiger partial charge in [-0.05, 0) is 6.42 Å². The van der Waals surface area contributed by atoms with E-state index in [1.807, 2.05) is 0 Å². The van der Waals surface area contributed by atoms with Crippen molar-refractivity contribution in [1.82, 2.24) is 0 Å². The molecule has 0 aromatic heterocycles. The molecule has 0 spiro atoms. The summed E-state index contributed by atoms with van der Waals surface area (Å²) >= 11 is 0. The summed E-state index contributed by atoms with van der Waals surface area (Å²) in [5.74, 6) is -1.60. The number of nitrogens with two attached hydrogens (primary N) is 1. The fourth-order valence-electron chi connectivity index (χ4n) is 0.928. The Labute approximate surface area is 99.8 Å². The lowest BCUT2D eigenvalue weighted by Gasteiger charge is -2.07. The Bertz CT molecular complexity index is 233. The Hall–Kier alpha value is -1.18. The molecule has 0 aromatic carbocycles. The summed E-state index contributed by atoms with van der Waals surface area (Å²) in [5, 5.41) is 8.48. The zero-order valence-corrected chi connectivity index (χ0v) is 9.89. The summed E-state index contributed by atoms with van der Waals surface area (Å²) in [6.07, 6.45) is 0.0598. The fourth-order valence-corrected chi connectivity index (χ4v) is 0.928. The number of ether oxygens (including phenoxy) is 3. The molecule has 7 heteroatoms. The molecule has 0 rings (SSSR count). The highest BCUT2D eigenvalue weighted by molar-refractivity contribution is 5.75. The van der Waals surface area contributed by atoms with Crippen LogP contribution in [0.4, 0.5) is 0 Å². The van der Waals surface area contributed by atoms with Crippen molar-refractivity contribution in [2.24, 2.45) is 5.73 Å². The van der Waals surface area contributed by atoms with E-state index in [4.69, 9.17) is 25.1 Å². The van der Waals surface area contributed by atoms with Gasteiger partial charge < -0.3 is 25.1 Å². The maximum atomic E-state index is 11.1. The second-order valence-electron chi connectivity index (χ2n) is 3.31. The molecule has 0 fully saturated rings. The van der Waals surface area contributed by atoms with Crippen molar-refractivity contribution in [3.63, 3.8) is 0 Å². The highest BCUT2D eigenvalue weighted by Gasteiger charge is 2.13. The number of carbonyl (C=O) groups excluding carboxylic acids is 1. The Morgan fingerprint density at radius 2 is 1.88 bits per heavy atom. The van der Waals surface area contributed by atoms with E-state index in [2.05, 4.69) is 0 Å². The molecule has 0 unspecified atom stereocenters. The standard InChI is InChI=1S/C10H19NO6/c1-15-4-5-16-6-7-17-9(12)3-2-8(11)10(13)14/h8H,2-7,11H2,1H3,(H,13,14)/t8-/m0/s1. The number of hydrogen-bond acceptors (Lipinski definition) is 6. The van der Waals surface area contributed by atoms with Crippen LogP contribution in [0.15, 0.2) is 0 Å². The van der Waals surface area contributed by atoms with E-state index in [1.165, 1.54) is 0 Å². The maximum Gasteiger partial charge on any atom is 0.320 e. The lowest BCUT2D eigenvalue weighted by Crippen LogP contribution is -2.30. The molecular formula is C10H19NO6. The minimum atomic E-state index is -1.12. The van der Waals surface area contributed by atoms with Crippen LogP contribution in [-0.2, 0) is 23.8 Å². The number of aliphatic carboxylic acids is 1. The molecule has 17 heavy (non-hydrogen) atoms. The minimum absolute atomic E-state index is 0.00840. The number of hydrogen-bond donors (Lipinski definition) is 2. The van der Waals surface area contributed by atoms with Gasteiger partial charge in [0.2, 0.25) is 0 Å². The van der Waals surface area contributed by atoms with Crippen LogP contribution in [0.25, 0.3) is 0 Å². The predicted octanol–water partition coefficient (Wildman–Crippen LogP) is -0.615. The molecule has 0 bridgehead atoms. The minimum Gasteiger partial charge on any atom is -0.480 e. The third kappa shape index (κ3) is 9.73. The SMILES string of the molecule is COCCOCCOC(=O)CC[C@H](N)C(=O)O. The normalized spacial score (nSPS) is 12.1. The van der Waals surface area contributed by atoms with Gasteiger partial charge in [-0.2, -0.15) is 0 Å². The third-order valence-corrected chi connectivity index (χ3v) is 1.90. The summed E-state index contributed by atoms with van der Waals surface area (Å²) < 4.78 is 14.6. The molecule has 0 aliphatic heterocycles. The van der Waals surface area contributed by atoms with E-state index in [1.54, 1.807) is 7.11 Å². The average molecular weight is 249 g/mol. The van der Waals surface area contributed by atoms with Crippen molar-refractivity contribution in [3.05, 3.63) is 0 Å². The molecule has 0 saturated carbocycles. The van der Waals surface area contributed by atoms with E-state index in [0.717, 1.165) is 0 Å². The van der Waals surface area contributed by atoms with Gasteiger partial charge in [-0.25, -0.2) is 0 Å². The molecule has 0 amide bonds. The molecule has 0 aromatic rings. The number of carboxylic acids is 1. The highest BCUT2D eigenvalue weighted by Crippen LogP contribution is 1.97. The summed E-state index contributed by atoms with van der Waals surface area (Å²) in [7, 11) is 1.56. The lowest BCUT2D eigenvalue weighted by atomic mass is 10.2. The fraction of sp³-hybridized carbons (Fsp3) is 0.800. The van der Waals surface area contributed by atoms with Crippen molar-refractivity contribution in [2.75, 3.05) is 33.5 Å². The smallest absolute Gasteiger partial charge is 0.320 e. The van der Waals surface area contributed by atoms with E-state index in [9.17, 15) is 9.59 Å². The molecular weight excluding hydrogens is 230 g/mol. The van der Waals surface area contributed by atoms with Crippen LogP contribution >= 0.6 is 0 Å². The quantitative estimate of drug-likeness (QED) is 0.392. The molecule has 0 aliphatic carbocycles. The average Bonchev–Trinajstić information content (AvgIpc) is 2.30. The summed E-state index contributed by atoms with van der Waals surface area (Å²) in [4.78, 5) is 21.5. The van der Waals surface area contributed by atoms with E-state index in [-0.39, 0.29) is 19.4 Å². The number of rotatable bonds is 10. The van der Waals surface area contributed by atoms with Crippen LogP contribution in [0.2, 0.25) is 0 Å². The largest absolute Gasteiger partial charge is 0.480 e. The van der Waals surface area contributed by atoms with Crippen LogP contribution in [-0.4, -0.2) is 56.6 Å². The molecule has 7 nitrogen and oxygen atoms in total. The molecule has 0 saturated heterocycles. The van der Waals surface area contributed by atoms with E-state index >= 15 is 0 Å². The Kier molecular flexibility index (Phi) is 9.31. The van der Waals surface area contributed by atoms with E-state index < -0.39 is 18.0 Å². The van der Waals surface area contributed by atoms with Crippen molar-refractivity contribution >= 4 is 11.9 Å². The monoisotopic (exact) mass is 249 g/mol. The molecule has 0 radical (unpaired) electrons. The van der Waals surface area contributed by atoms with Crippen LogP contribution in [0.1, 0.15) is 12.8 Å². The second kappa shape index (κ2) is 10.0. The first kappa shape index (κ1) is 15.8. The van der Waals surface area contributed by atoms with Crippen LogP contribution in [0, 0.1) is 0 Å². The van der Waals surface area contributed by atoms with Crippen molar-refractivity contribution < 1.29 is 28.9 Å². The van der Waals surface area contributed by atoms with Gasteiger partial charge in [-0.15, -0.1) is 0 Å². The van der Waals surface area contributed by atoms with Gasteiger partial charge in [0.25, 0.3) is 0 Å². The van der Waals surface area contributed by atoms with Crippen LogP contribution < -0.4 is 5.73 Å². The second-order valence-corrected chi connectivity index (χ2v) is 3.31. The summed E-state index contributed by atoms with van der Waals surface area (Å²) in [5.41, 5.74) is 5.23. The Morgan fingerprint density at radius 1 is 1.24 bits per heavy atom. The third-order valence-electron chi connectivity index (χ3n) is 1.90. The summed E-state index contributed by atoms with van der Waals surface area (Å²) in [6, 6.07) is -1.03. The van der Waals surface area contributed by atoms with Gasteiger partial charge in [0.1, 0.15) is 12.6 Å². The Balaban J connectivity index is 3.38. The van der Waals surface area contributed by atoms with Crippen molar-refractivity contribution in [2.45, 2.75) is 18.9 Å². The number of methoxy groups -OCH3 is 1. The number of esters is 1.